The number of likely N-dealkylation sites (tertiary alicyclic amines) is 1. The van der Waals surface area contributed by atoms with E-state index in [1.54, 1.807) is 6.20 Å². The fraction of sp³-hybridized carbons (Fsp3) is 0.393. The Kier molecular flexibility index (Phi) is 7.85. The van der Waals surface area contributed by atoms with Gasteiger partial charge in [0.05, 0.1) is 6.42 Å². The molecule has 7 nitrogen and oxygen atoms in total. The fourth-order valence-corrected chi connectivity index (χ4v) is 5.35. The van der Waals surface area contributed by atoms with Crippen molar-refractivity contribution in [2.24, 2.45) is 0 Å². The Morgan fingerprint density at radius 2 is 2.03 bits per heavy atom. The van der Waals surface area contributed by atoms with Crippen molar-refractivity contribution in [1.82, 2.24) is 14.9 Å². The summed E-state index contributed by atoms with van der Waals surface area (Å²) < 4.78 is 0. The van der Waals surface area contributed by atoms with Crippen LogP contribution in [-0.2, 0) is 11.3 Å². The monoisotopic (exact) mass is 505 g/mol. The zero-order valence-corrected chi connectivity index (χ0v) is 21.8. The molecule has 188 valence electrons. The highest BCUT2D eigenvalue weighted by Crippen LogP contribution is 2.36. The standard InChI is InChI=1S/C28H32ClN5O2/c1-5-7-26(35)33-12-9-21(10-13-33)34(6-2)25-16-20(29)15-23-22(25)8-11-30-27(23)31-17-24-18(3)14-19(4)32-28(24)36/h1,8,11,14-16,21H,6-7,9-10,12-13,17H2,2-4H3,(H,30,31)(H,32,36). The molecule has 0 spiro atoms. The van der Waals surface area contributed by atoms with Crippen molar-refractivity contribution in [3.63, 3.8) is 0 Å². The lowest BCUT2D eigenvalue weighted by Gasteiger charge is -2.40. The van der Waals surface area contributed by atoms with Gasteiger partial charge in [0.15, 0.2) is 0 Å². The van der Waals surface area contributed by atoms with Gasteiger partial charge in [-0.1, -0.05) is 17.5 Å². The van der Waals surface area contributed by atoms with Gasteiger partial charge in [-0.05, 0) is 63.4 Å². The van der Waals surface area contributed by atoms with E-state index in [4.69, 9.17) is 18.0 Å². The van der Waals surface area contributed by atoms with Gasteiger partial charge in [0.2, 0.25) is 5.91 Å². The zero-order valence-electron chi connectivity index (χ0n) is 21.0. The number of nitrogens with one attached hydrogen (secondary N) is 2. The number of fused-ring (bicyclic) bond motifs is 1. The van der Waals surface area contributed by atoms with E-state index in [1.807, 2.05) is 43.0 Å². The maximum absolute atomic E-state index is 12.5. The Bertz CT molecular complexity index is 1370. The number of carbonyl (C=O) groups is 1. The Morgan fingerprint density at radius 3 is 2.69 bits per heavy atom. The Labute approximate surface area is 216 Å². The molecule has 0 bridgehead atoms. The summed E-state index contributed by atoms with van der Waals surface area (Å²) in [6, 6.07) is 8.17. The van der Waals surface area contributed by atoms with Crippen LogP contribution in [0.4, 0.5) is 11.5 Å². The van der Waals surface area contributed by atoms with Crippen LogP contribution in [0.2, 0.25) is 5.02 Å². The molecule has 1 aliphatic heterocycles. The molecule has 1 aromatic carbocycles. The Morgan fingerprint density at radius 1 is 1.28 bits per heavy atom. The number of aromatic amines is 1. The van der Waals surface area contributed by atoms with Crippen LogP contribution < -0.4 is 15.8 Å². The number of anilines is 2. The third kappa shape index (κ3) is 5.34. The molecule has 1 amide bonds. The summed E-state index contributed by atoms with van der Waals surface area (Å²) in [5.41, 5.74) is 3.41. The van der Waals surface area contributed by atoms with Gasteiger partial charge in [0.25, 0.3) is 5.56 Å². The van der Waals surface area contributed by atoms with Crippen molar-refractivity contribution >= 4 is 39.8 Å². The van der Waals surface area contributed by atoms with Crippen LogP contribution in [0.25, 0.3) is 10.8 Å². The summed E-state index contributed by atoms with van der Waals surface area (Å²) >= 11 is 6.61. The zero-order chi connectivity index (χ0) is 25.8. The van der Waals surface area contributed by atoms with E-state index < -0.39 is 0 Å². The van der Waals surface area contributed by atoms with Crippen LogP contribution in [-0.4, -0.2) is 46.5 Å². The molecule has 0 atom stereocenters. The topological polar surface area (TPSA) is 81.3 Å². The minimum Gasteiger partial charge on any atom is -0.368 e. The predicted molar refractivity (Wildman–Crippen MR) is 147 cm³/mol. The molecule has 0 aliphatic carbocycles. The molecular formula is C28H32ClN5O2. The SMILES string of the molecule is C#CCC(=O)N1CCC(N(CC)c2cc(Cl)cc3c(NCc4c(C)cc(C)[nH]c4=O)nccc23)CC1. The molecule has 1 saturated heterocycles. The number of rotatable bonds is 7. The second-order valence-electron chi connectivity index (χ2n) is 9.26. The first-order chi connectivity index (χ1) is 17.3. The molecule has 1 fully saturated rings. The molecule has 0 unspecified atom stereocenters. The number of carbonyl (C=O) groups excluding carboxylic acids is 1. The average molecular weight is 506 g/mol. The lowest BCUT2D eigenvalue weighted by atomic mass is 10.00. The number of benzene rings is 1. The molecule has 4 rings (SSSR count). The number of aryl methyl sites for hydroxylation is 2. The van der Waals surface area contributed by atoms with Gasteiger partial charge in [-0.2, -0.15) is 0 Å². The quantitative estimate of drug-likeness (QED) is 0.457. The second-order valence-corrected chi connectivity index (χ2v) is 9.69. The number of halogens is 1. The molecule has 1 aliphatic rings. The molecular weight excluding hydrogens is 474 g/mol. The van der Waals surface area contributed by atoms with Gasteiger partial charge in [0, 0.05) is 71.2 Å². The summed E-state index contributed by atoms with van der Waals surface area (Å²) in [7, 11) is 0. The van der Waals surface area contributed by atoms with E-state index in [-0.39, 0.29) is 23.9 Å². The van der Waals surface area contributed by atoms with Crippen molar-refractivity contribution in [1.29, 1.82) is 0 Å². The molecule has 36 heavy (non-hydrogen) atoms. The number of hydrogen-bond acceptors (Lipinski definition) is 5. The van der Waals surface area contributed by atoms with Crippen molar-refractivity contribution in [2.45, 2.75) is 52.6 Å². The Hall–Kier alpha value is -3.50. The van der Waals surface area contributed by atoms with Gasteiger partial charge >= 0.3 is 0 Å². The van der Waals surface area contributed by atoms with E-state index in [0.717, 1.165) is 47.1 Å². The van der Waals surface area contributed by atoms with Crippen LogP contribution in [0.15, 0.2) is 35.3 Å². The number of terminal acetylenes is 1. The largest absolute Gasteiger partial charge is 0.368 e. The highest BCUT2D eigenvalue weighted by atomic mass is 35.5. The Balaban J connectivity index is 1.61. The maximum atomic E-state index is 12.5. The number of pyridine rings is 2. The predicted octanol–water partition coefficient (Wildman–Crippen LogP) is 4.65. The summed E-state index contributed by atoms with van der Waals surface area (Å²) in [6.45, 7) is 8.50. The van der Waals surface area contributed by atoms with Gasteiger partial charge in [0.1, 0.15) is 5.82 Å². The smallest absolute Gasteiger partial charge is 0.253 e. The number of hydrogen-bond donors (Lipinski definition) is 2. The summed E-state index contributed by atoms with van der Waals surface area (Å²) in [5.74, 6) is 3.16. The van der Waals surface area contributed by atoms with Gasteiger partial charge in [-0.25, -0.2) is 4.98 Å². The normalized spacial score (nSPS) is 14.0. The number of piperidine rings is 1. The highest BCUT2D eigenvalue weighted by Gasteiger charge is 2.27. The number of amides is 1. The van der Waals surface area contributed by atoms with Crippen LogP contribution in [0.5, 0.6) is 0 Å². The van der Waals surface area contributed by atoms with E-state index in [1.165, 1.54) is 0 Å². The second kappa shape index (κ2) is 11.0. The molecule has 3 heterocycles. The maximum Gasteiger partial charge on any atom is 0.253 e. The van der Waals surface area contributed by atoms with Gasteiger partial charge in [-0.3, -0.25) is 9.59 Å². The van der Waals surface area contributed by atoms with E-state index in [2.05, 4.69) is 33.0 Å². The van der Waals surface area contributed by atoms with E-state index in [0.29, 0.717) is 36.0 Å². The van der Waals surface area contributed by atoms with Crippen molar-refractivity contribution in [2.75, 3.05) is 29.9 Å². The third-order valence-corrected chi connectivity index (χ3v) is 7.13. The molecule has 8 heteroatoms. The third-order valence-electron chi connectivity index (χ3n) is 6.91. The lowest BCUT2D eigenvalue weighted by Crippen LogP contribution is -2.46. The summed E-state index contributed by atoms with van der Waals surface area (Å²) in [5, 5.41) is 5.93. The minimum atomic E-state index is -0.0943. The first-order valence-electron chi connectivity index (χ1n) is 12.3. The van der Waals surface area contributed by atoms with Crippen molar-refractivity contribution in [3.05, 3.63) is 62.7 Å². The van der Waals surface area contributed by atoms with E-state index >= 15 is 0 Å². The molecule has 2 N–H and O–H groups in total. The molecule has 0 radical (unpaired) electrons. The van der Waals surface area contributed by atoms with Crippen molar-refractivity contribution < 1.29 is 4.79 Å². The highest BCUT2D eigenvalue weighted by molar-refractivity contribution is 6.32. The summed E-state index contributed by atoms with van der Waals surface area (Å²) in [6.07, 6.45) is 8.98. The molecule has 2 aromatic heterocycles. The average Bonchev–Trinajstić information content (AvgIpc) is 2.84. The van der Waals surface area contributed by atoms with Crippen molar-refractivity contribution in [3.8, 4) is 12.3 Å². The van der Waals surface area contributed by atoms with Gasteiger partial charge < -0.3 is 20.1 Å². The first kappa shape index (κ1) is 25.6. The first-order valence-corrected chi connectivity index (χ1v) is 12.7. The lowest BCUT2D eigenvalue weighted by molar-refractivity contribution is -0.131. The van der Waals surface area contributed by atoms with Crippen LogP contribution >= 0.6 is 11.6 Å². The van der Waals surface area contributed by atoms with E-state index in [9.17, 15) is 9.59 Å². The molecule has 3 aromatic rings. The fourth-order valence-electron chi connectivity index (χ4n) is 5.13. The van der Waals surface area contributed by atoms with Crippen LogP contribution in [0.1, 0.15) is 43.0 Å². The summed E-state index contributed by atoms with van der Waals surface area (Å²) in [4.78, 5) is 36.4. The minimum absolute atomic E-state index is 0.0247. The number of nitrogens with zero attached hydrogens (tertiary/aromatic N) is 3. The van der Waals surface area contributed by atoms with Crippen LogP contribution in [0, 0.1) is 26.2 Å². The van der Waals surface area contributed by atoms with Crippen LogP contribution in [0.3, 0.4) is 0 Å². The molecule has 0 saturated carbocycles. The number of H-pyrrole nitrogens is 1. The van der Waals surface area contributed by atoms with Gasteiger partial charge in [-0.15, -0.1) is 6.42 Å². The number of aromatic nitrogens is 2.